The van der Waals surface area contributed by atoms with Gasteiger partial charge in [0.25, 0.3) is 0 Å². The van der Waals surface area contributed by atoms with E-state index in [1.807, 2.05) is 0 Å². The molecule has 0 spiro atoms. The molecular formula is C15H26. The summed E-state index contributed by atoms with van der Waals surface area (Å²) in [6.07, 6.45) is 6.78. The van der Waals surface area contributed by atoms with Gasteiger partial charge in [-0.05, 0) is 48.9 Å². The van der Waals surface area contributed by atoms with Gasteiger partial charge in [-0.2, -0.15) is 0 Å². The lowest BCUT2D eigenvalue weighted by Gasteiger charge is -2.39. The zero-order valence-electron chi connectivity index (χ0n) is 11.0. The highest BCUT2D eigenvalue weighted by molar-refractivity contribution is 5.13. The van der Waals surface area contributed by atoms with Gasteiger partial charge < -0.3 is 0 Å². The van der Waals surface area contributed by atoms with Crippen LogP contribution in [0.4, 0.5) is 0 Å². The molecule has 0 aromatic heterocycles. The average molecular weight is 206 g/mol. The van der Waals surface area contributed by atoms with E-state index in [4.69, 9.17) is 0 Å². The monoisotopic (exact) mass is 206 g/mol. The van der Waals surface area contributed by atoms with Crippen LogP contribution in [0, 0.1) is 29.1 Å². The van der Waals surface area contributed by atoms with Crippen molar-refractivity contribution in [1.29, 1.82) is 0 Å². The molecule has 0 N–H and O–H groups in total. The van der Waals surface area contributed by atoms with E-state index in [0.29, 0.717) is 5.41 Å². The molecule has 0 amide bonds. The van der Waals surface area contributed by atoms with Gasteiger partial charge in [0.15, 0.2) is 0 Å². The van der Waals surface area contributed by atoms with E-state index in [-0.39, 0.29) is 0 Å². The van der Waals surface area contributed by atoms with Gasteiger partial charge in [0.05, 0.1) is 0 Å². The zero-order valence-corrected chi connectivity index (χ0v) is 11.0. The summed E-state index contributed by atoms with van der Waals surface area (Å²) in [6, 6.07) is 0. The van der Waals surface area contributed by atoms with Gasteiger partial charge in [0.1, 0.15) is 0 Å². The molecule has 0 bridgehead atoms. The standard InChI is InChI=1S/C15H26/c1-10-6-8-13-11(2)7-9-14(13)15(4,5)12(10)3/h6,11-14H,7-9H2,1-5H3/t11-,12-,13?,14?/m1/s1. The quantitative estimate of drug-likeness (QED) is 0.506. The van der Waals surface area contributed by atoms with E-state index >= 15 is 0 Å². The maximum atomic E-state index is 2.53. The molecule has 2 aliphatic carbocycles. The minimum atomic E-state index is 0.506. The molecule has 1 saturated carbocycles. The minimum absolute atomic E-state index is 0.506. The molecule has 2 aliphatic rings. The Kier molecular flexibility index (Phi) is 2.73. The predicted octanol–water partition coefficient (Wildman–Crippen LogP) is 4.66. The van der Waals surface area contributed by atoms with Crippen LogP contribution in [-0.2, 0) is 0 Å². The van der Waals surface area contributed by atoms with E-state index in [1.165, 1.54) is 19.3 Å². The molecule has 1 fully saturated rings. The first-order chi connectivity index (χ1) is 6.94. The molecule has 2 rings (SSSR count). The normalized spacial score (nSPS) is 44.5. The molecule has 4 atom stereocenters. The maximum Gasteiger partial charge on any atom is -0.0180 e. The first-order valence-corrected chi connectivity index (χ1v) is 6.61. The Hall–Kier alpha value is -0.260. The van der Waals surface area contributed by atoms with Crippen LogP contribution in [0.25, 0.3) is 0 Å². The van der Waals surface area contributed by atoms with E-state index in [2.05, 4.69) is 40.7 Å². The summed E-state index contributed by atoms with van der Waals surface area (Å²) in [5, 5.41) is 0. The highest BCUT2D eigenvalue weighted by atomic mass is 14.5. The lowest BCUT2D eigenvalue weighted by atomic mass is 9.65. The van der Waals surface area contributed by atoms with E-state index < -0.39 is 0 Å². The van der Waals surface area contributed by atoms with Gasteiger partial charge in [0.2, 0.25) is 0 Å². The molecule has 0 heteroatoms. The number of rotatable bonds is 0. The molecule has 0 radical (unpaired) electrons. The van der Waals surface area contributed by atoms with Gasteiger partial charge in [-0.15, -0.1) is 0 Å². The largest absolute Gasteiger partial charge is 0.0850 e. The summed E-state index contributed by atoms with van der Waals surface area (Å²) in [7, 11) is 0. The van der Waals surface area contributed by atoms with Crippen molar-refractivity contribution in [1.82, 2.24) is 0 Å². The van der Waals surface area contributed by atoms with Crippen LogP contribution in [0.3, 0.4) is 0 Å². The summed E-state index contributed by atoms with van der Waals surface area (Å²) in [5.41, 5.74) is 2.13. The summed E-state index contributed by atoms with van der Waals surface area (Å²) in [6.45, 7) is 12.2. The SMILES string of the molecule is CC1=CCC2C(CC[C@H]2C)C(C)(C)[C@@H]1C. The molecule has 0 heterocycles. The van der Waals surface area contributed by atoms with Crippen molar-refractivity contribution in [3.8, 4) is 0 Å². The fourth-order valence-corrected chi connectivity index (χ4v) is 3.99. The third-order valence-electron chi connectivity index (χ3n) is 5.65. The van der Waals surface area contributed by atoms with E-state index in [1.54, 1.807) is 5.57 Å². The van der Waals surface area contributed by atoms with E-state index in [9.17, 15) is 0 Å². The van der Waals surface area contributed by atoms with Crippen LogP contribution in [-0.4, -0.2) is 0 Å². The molecule has 0 nitrogen and oxygen atoms in total. The highest BCUT2D eigenvalue weighted by Gasteiger charge is 2.45. The van der Waals surface area contributed by atoms with Crippen molar-refractivity contribution in [2.75, 3.05) is 0 Å². The molecule has 15 heavy (non-hydrogen) atoms. The first-order valence-electron chi connectivity index (χ1n) is 6.61. The fourth-order valence-electron chi connectivity index (χ4n) is 3.99. The van der Waals surface area contributed by atoms with Crippen molar-refractivity contribution in [3.05, 3.63) is 11.6 Å². The second-order valence-electron chi connectivity index (χ2n) is 6.55. The van der Waals surface area contributed by atoms with Crippen LogP contribution >= 0.6 is 0 Å². The lowest BCUT2D eigenvalue weighted by molar-refractivity contribution is 0.111. The van der Waals surface area contributed by atoms with Crippen LogP contribution in [0.5, 0.6) is 0 Å². The third-order valence-corrected chi connectivity index (χ3v) is 5.65. The van der Waals surface area contributed by atoms with Crippen molar-refractivity contribution in [2.45, 2.75) is 53.9 Å². The number of allylic oxidation sites excluding steroid dienone is 2. The smallest absolute Gasteiger partial charge is 0.0180 e. The predicted molar refractivity (Wildman–Crippen MR) is 66.7 cm³/mol. The summed E-state index contributed by atoms with van der Waals surface area (Å²) < 4.78 is 0. The van der Waals surface area contributed by atoms with Crippen LogP contribution in [0.2, 0.25) is 0 Å². The van der Waals surface area contributed by atoms with Gasteiger partial charge in [0, 0.05) is 0 Å². The molecule has 0 saturated heterocycles. The molecule has 0 aromatic rings. The van der Waals surface area contributed by atoms with Crippen LogP contribution < -0.4 is 0 Å². The van der Waals surface area contributed by atoms with Crippen molar-refractivity contribution in [3.63, 3.8) is 0 Å². The molecule has 0 aromatic carbocycles. The maximum absolute atomic E-state index is 2.53. The zero-order chi connectivity index (χ0) is 11.2. The molecule has 86 valence electrons. The number of fused-ring (bicyclic) bond motifs is 1. The molecular weight excluding hydrogens is 180 g/mol. The Morgan fingerprint density at radius 1 is 1.20 bits per heavy atom. The summed E-state index contributed by atoms with van der Waals surface area (Å²) >= 11 is 0. The Balaban J connectivity index is 2.33. The first kappa shape index (κ1) is 11.2. The third kappa shape index (κ3) is 1.66. The minimum Gasteiger partial charge on any atom is -0.0850 e. The molecule has 2 unspecified atom stereocenters. The van der Waals surface area contributed by atoms with Gasteiger partial charge in [-0.1, -0.05) is 45.8 Å². The van der Waals surface area contributed by atoms with Gasteiger partial charge in [-0.3, -0.25) is 0 Å². The van der Waals surface area contributed by atoms with Crippen molar-refractivity contribution >= 4 is 0 Å². The second kappa shape index (κ2) is 3.64. The van der Waals surface area contributed by atoms with Crippen molar-refractivity contribution in [2.24, 2.45) is 29.1 Å². The average Bonchev–Trinajstić information content (AvgIpc) is 2.51. The lowest BCUT2D eigenvalue weighted by Crippen LogP contribution is -2.33. The van der Waals surface area contributed by atoms with Crippen LogP contribution in [0.15, 0.2) is 11.6 Å². The van der Waals surface area contributed by atoms with Crippen molar-refractivity contribution < 1.29 is 0 Å². The van der Waals surface area contributed by atoms with Gasteiger partial charge in [-0.25, -0.2) is 0 Å². The Morgan fingerprint density at radius 2 is 1.87 bits per heavy atom. The Labute approximate surface area is 95.1 Å². The van der Waals surface area contributed by atoms with Gasteiger partial charge >= 0.3 is 0 Å². The summed E-state index contributed by atoms with van der Waals surface area (Å²) in [4.78, 5) is 0. The topological polar surface area (TPSA) is 0 Å². The number of hydrogen-bond acceptors (Lipinski definition) is 0. The Bertz CT molecular complexity index is 272. The second-order valence-corrected chi connectivity index (χ2v) is 6.55. The highest BCUT2D eigenvalue weighted by Crippen LogP contribution is 2.54. The Morgan fingerprint density at radius 3 is 2.53 bits per heavy atom. The fraction of sp³-hybridized carbons (Fsp3) is 0.867. The van der Waals surface area contributed by atoms with E-state index in [0.717, 1.165) is 23.7 Å². The number of hydrogen-bond donors (Lipinski definition) is 0. The summed E-state index contributed by atoms with van der Waals surface area (Å²) in [5.74, 6) is 3.62. The molecule has 0 aliphatic heterocycles. The van der Waals surface area contributed by atoms with Crippen LogP contribution in [0.1, 0.15) is 53.9 Å².